The Morgan fingerprint density at radius 3 is 2.54 bits per heavy atom. The van der Waals surface area contributed by atoms with E-state index in [1.54, 1.807) is 5.57 Å². The van der Waals surface area contributed by atoms with Crippen molar-refractivity contribution in [1.29, 1.82) is 0 Å². The van der Waals surface area contributed by atoms with Crippen LogP contribution in [0, 0.1) is 11.3 Å². The Kier molecular flexibility index (Phi) is 1.76. The van der Waals surface area contributed by atoms with Crippen LogP contribution in [0.1, 0.15) is 34.1 Å². The van der Waals surface area contributed by atoms with Gasteiger partial charge in [0.25, 0.3) is 0 Å². The molecule has 0 spiro atoms. The van der Waals surface area contributed by atoms with Gasteiger partial charge in [-0.2, -0.15) is 0 Å². The lowest BCUT2D eigenvalue weighted by Crippen LogP contribution is -1.98. The molecule has 1 fully saturated rings. The molecule has 0 aliphatic heterocycles. The summed E-state index contributed by atoms with van der Waals surface area (Å²) in [6.45, 7) is 9.03. The molecule has 0 nitrogen and oxygen atoms in total. The predicted octanol–water partition coefficient (Wildman–Crippen LogP) is 3.87. The molecule has 2 atom stereocenters. The molecule has 0 saturated heterocycles. The molecule has 0 bridgehead atoms. The highest BCUT2D eigenvalue weighted by atomic mass is 14.5. The Morgan fingerprint density at radius 1 is 1.15 bits per heavy atom. The molecule has 2 unspecified atom stereocenters. The molecular weight excluding hydrogens is 156 g/mol. The summed E-state index contributed by atoms with van der Waals surface area (Å²) in [5, 5.41) is 0. The monoisotopic (exact) mass is 174 g/mol. The lowest BCUT2D eigenvalue weighted by molar-refractivity contribution is 0.672. The predicted molar refractivity (Wildman–Crippen MR) is 57.5 cm³/mol. The smallest absolute Gasteiger partial charge is 0.00691 e. The number of rotatable bonds is 0. The van der Waals surface area contributed by atoms with Crippen LogP contribution in [0.2, 0.25) is 0 Å². The molecule has 2 rings (SSSR count). The SMILES string of the molecule is CC1=C/C(C)=C\C2(C)CC2/C(C)=C\1. The van der Waals surface area contributed by atoms with Crippen LogP contribution in [0.25, 0.3) is 0 Å². The van der Waals surface area contributed by atoms with Crippen molar-refractivity contribution in [3.8, 4) is 0 Å². The maximum atomic E-state index is 2.44. The van der Waals surface area contributed by atoms with E-state index in [1.807, 2.05) is 0 Å². The van der Waals surface area contributed by atoms with Crippen LogP contribution in [0.3, 0.4) is 0 Å². The first-order chi connectivity index (χ1) is 6.01. The third kappa shape index (κ3) is 1.50. The average molecular weight is 174 g/mol. The number of fused-ring (bicyclic) bond motifs is 1. The second-order valence-corrected chi connectivity index (χ2v) is 4.93. The van der Waals surface area contributed by atoms with Gasteiger partial charge in [0.15, 0.2) is 0 Å². The van der Waals surface area contributed by atoms with Gasteiger partial charge in [0.1, 0.15) is 0 Å². The van der Waals surface area contributed by atoms with Crippen LogP contribution < -0.4 is 0 Å². The molecule has 2 aliphatic carbocycles. The van der Waals surface area contributed by atoms with Gasteiger partial charge in [0, 0.05) is 0 Å². The molecule has 2 aliphatic rings. The second kappa shape index (κ2) is 2.60. The van der Waals surface area contributed by atoms with Gasteiger partial charge in [0.2, 0.25) is 0 Å². The van der Waals surface area contributed by atoms with E-state index in [9.17, 15) is 0 Å². The highest BCUT2D eigenvalue weighted by molar-refractivity contribution is 5.39. The van der Waals surface area contributed by atoms with E-state index < -0.39 is 0 Å². The molecule has 0 heterocycles. The first-order valence-corrected chi connectivity index (χ1v) is 5.07. The quantitative estimate of drug-likeness (QED) is 0.523. The minimum atomic E-state index is 0.474. The van der Waals surface area contributed by atoms with Crippen LogP contribution in [0.5, 0.6) is 0 Å². The lowest BCUT2D eigenvalue weighted by atomic mass is 9.95. The van der Waals surface area contributed by atoms with Gasteiger partial charge in [-0.25, -0.2) is 0 Å². The van der Waals surface area contributed by atoms with E-state index in [-0.39, 0.29) is 0 Å². The summed E-state index contributed by atoms with van der Waals surface area (Å²) in [5.41, 5.74) is 4.84. The van der Waals surface area contributed by atoms with E-state index in [1.165, 1.54) is 17.6 Å². The molecule has 0 amide bonds. The Morgan fingerprint density at radius 2 is 1.85 bits per heavy atom. The minimum Gasteiger partial charge on any atom is -0.0750 e. The van der Waals surface area contributed by atoms with Gasteiger partial charge in [-0.3, -0.25) is 0 Å². The Balaban J connectivity index is 2.42. The zero-order valence-corrected chi connectivity index (χ0v) is 9.02. The van der Waals surface area contributed by atoms with Crippen molar-refractivity contribution in [3.05, 3.63) is 34.9 Å². The molecule has 0 heteroatoms. The van der Waals surface area contributed by atoms with E-state index in [0.717, 1.165) is 5.92 Å². The van der Waals surface area contributed by atoms with Crippen molar-refractivity contribution in [2.75, 3.05) is 0 Å². The maximum Gasteiger partial charge on any atom is -0.00691 e. The molecule has 0 aromatic carbocycles. The fourth-order valence-corrected chi connectivity index (χ4v) is 2.64. The van der Waals surface area contributed by atoms with Crippen LogP contribution >= 0.6 is 0 Å². The maximum absolute atomic E-state index is 2.44. The van der Waals surface area contributed by atoms with Gasteiger partial charge < -0.3 is 0 Å². The zero-order chi connectivity index (χ0) is 9.64. The van der Waals surface area contributed by atoms with E-state index in [0.29, 0.717) is 5.41 Å². The highest BCUT2D eigenvalue weighted by Gasteiger charge is 2.48. The first kappa shape index (κ1) is 8.80. The van der Waals surface area contributed by atoms with Gasteiger partial charge >= 0.3 is 0 Å². The third-order valence-corrected chi connectivity index (χ3v) is 3.30. The fraction of sp³-hybridized carbons (Fsp3) is 0.538. The Bertz CT molecular complexity index is 328. The summed E-state index contributed by atoms with van der Waals surface area (Å²) in [6.07, 6.45) is 8.40. The molecule has 0 N–H and O–H groups in total. The number of hydrogen-bond acceptors (Lipinski definition) is 0. The number of allylic oxidation sites excluding steroid dienone is 6. The van der Waals surface area contributed by atoms with Crippen molar-refractivity contribution in [2.24, 2.45) is 11.3 Å². The van der Waals surface area contributed by atoms with Crippen molar-refractivity contribution in [2.45, 2.75) is 34.1 Å². The standard InChI is InChI=1S/C13H18/c1-9-5-10(2)7-13(4)8-12(13)11(3)6-9/h5-7,12H,8H2,1-4H3/b9-5-,10-7-,11-6-. The summed E-state index contributed by atoms with van der Waals surface area (Å²) in [5.74, 6) is 0.811. The van der Waals surface area contributed by atoms with Crippen LogP contribution in [-0.2, 0) is 0 Å². The molecule has 0 aromatic heterocycles. The molecule has 1 saturated carbocycles. The van der Waals surface area contributed by atoms with Crippen molar-refractivity contribution in [3.63, 3.8) is 0 Å². The van der Waals surface area contributed by atoms with E-state index in [4.69, 9.17) is 0 Å². The molecule has 0 aromatic rings. The average Bonchev–Trinajstić information content (AvgIpc) is 2.58. The van der Waals surface area contributed by atoms with Gasteiger partial charge in [-0.15, -0.1) is 0 Å². The number of hydrogen-bond donors (Lipinski definition) is 0. The van der Waals surface area contributed by atoms with Crippen LogP contribution in [0.4, 0.5) is 0 Å². The van der Waals surface area contributed by atoms with Crippen molar-refractivity contribution in [1.82, 2.24) is 0 Å². The summed E-state index contributed by atoms with van der Waals surface area (Å²) in [4.78, 5) is 0. The summed E-state index contributed by atoms with van der Waals surface area (Å²) in [6, 6.07) is 0. The second-order valence-electron chi connectivity index (χ2n) is 4.93. The fourth-order valence-electron chi connectivity index (χ4n) is 2.64. The van der Waals surface area contributed by atoms with E-state index >= 15 is 0 Å². The first-order valence-electron chi connectivity index (χ1n) is 5.07. The van der Waals surface area contributed by atoms with E-state index in [2.05, 4.69) is 45.9 Å². The summed E-state index contributed by atoms with van der Waals surface area (Å²) >= 11 is 0. The minimum absolute atomic E-state index is 0.474. The largest absolute Gasteiger partial charge is 0.0750 e. The van der Waals surface area contributed by atoms with Gasteiger partial charge in [-0.1, -0.05) is 41.9 Å². The highest BCUT2D eigenvalue weighted by Crippen LogP contribution is 2.58. The molecule has 0 radical (unpaired) electrons. The molecule has 13 heavy (non-hydrogen) atoms. The van der Waals surface area contributed by atoms with Gasteiger partial charge in [0.05, 0.1) is 0 Å². The summed E-state index contributed by atoms with van der Waals surface area (Å²) in [7, 11) is 0. The topological polar surface area (TPSA) is 0 Å². The zero-order valence-electron chi connectivity index (χ0n) is 9.02. The van der Waals surface area contributed by atoms with Crippen LogP contribution in [0.15, 0.2) is 34.9 Å². The van der Waals surface area contributed by atoms with Crippen molar-refractivity contribution < 1.29 is 0 Å². The molecule has 70 valence electrons. The van der Waals surface area contributed by atoms with Crippen LogP contribution in [-0.4, -0.2) is 0 Å². The Labute approximate surface area is 81.0 Å². The van der Waals surface area contributed by atoms with Gasteiger partial charge in [-0.05, 0) is 38.5 Å². The lowest BCUT2D eigenvalue weighted by Gasteiger charge is -2.11. The normalized spacial score (nSPS) is 49.8. The third-order valence-electron chi connectivity index (χ3n) is 3.30. The molecular formula is C13H18. The Hall–Kier alpha value is -0.780. The summed E-state index contributed by atoms with van der Waals surface area (Å²) < 4.78 is 0. The van der Waals surface area contributed by atoms with Crippen molar-refractivity contribution >= 4 is 0 Å².